The molecule has 2 N–H and O–H groups in total. The lowest BCUT2D eigenvalue weighted by atomic mass is 9.87. The van der Waals surface area contributed by atoms with E-state index in [4.69, 9.17) is 9.97 Å². The van der Waals surface area contributed by atoms with Gasteiger partial charge in [-0.1, -0.05) is 25.1 Å². The van der Waals surface area contributed by atoms with Crippen LogP contribution in [-0.4, -0.2) is 25.6 Å². The summed E-state index contributed by atoms with van der Waals surface area (Å²) < 4.78 is 2.12. The molecule has 0 bridgehead atoms. The zero-order chi connectivity index (χ0) is 22.8. The molecule has 33 heavy (non-hydrogen) atoms. The van der Waals surface area contributed by atoms with Crippen molar-refractivity contribution in [2.75, 3.05) is 10.6 Å². The van der Waals surface area contributed by atoms with Gasteiger partial charge in [-0.05, 0) is 85.0 Å². The van der Waals surface area contributed by atoms with Gasteiger partial charge in [0.1, 0.15) is 0 Å². The Balaban J connectivity index is 1.41. The van der Waals surface area contributed by atoms with Crippen LogP contribution in [0.15, 0.2) is 47.4 Å². The number of nitrogens with zero attached hydrogens (tertiary/aromatic N) is 4. The highest BCUT2D eigenvalue weighted by Crippen LogP contribution is 2.28. The predicted octanol–water partition coefficient (Wildman–Crippen LogP) is 6.74. The number of hydrogen-bond acceptors (Lipinski definition) is 6. The third-order valence-corrected chi connectivity index (χ3v) is 7.25. The SMILES string of the molecule is CC1CCC(Nc2nc(NCc3cccc(-c4ccsc4)c3)c3ncn(C(C)C)c3n2)CC1. The Morgan fingerprint density at radius 2 is 1.94 bits per heavy atom. The summed E-state index contributed by atoms with van der Waals surface area (Å²) in [5.41, 5.74) is 5.41. The van der Waals surface area contributed by atoms with Crippen LogP contribution in [0.3, 0.4) is 0 Å². The van der Waals surface area contributed by atoms with E-state index in [1.165, 1.54) is 42.4 Å². The van der Waals surface area contributed by atoms with Crippen molar-refractivity contribution in [1.82, 2.24) is 19.5 Å². The largest absolute Gasteiger partial charge is 0.364 e. The fourth-order valence-electron chi connectivity index (χ4n) is 4.54. The minimum atomic E-state index is 0.281. The Morgan fingerprint density at radius 3 is 2.70 bits per heavy atom. The van der Waals surface area contributed by atoms with E-state index in [0.29, 0.717) is 18.5 Å². The van der Waals surface area contributed by atoms with Crippen molar-refractivity contribution >= 4 is 34.3 Å². The minimum absolute atomic E-state index is 0.281. The van der Waals surface area contributed by atoms with Crippen LogP contribution in [0.25, 0.3) is 22.3 Å². The first-order valence-corrected chi connectivity index (χ1v) is 12.9. The van der Waals surface area contributed by atoms with Crippen LogP contribution in [0.1, 0.15) is 58.1 Å². The molecule has 7 heteroatoms. The second-order valence-electron chi connectivity index (χ2n) is 9.48. The van der Waals surface area contributed by atoms with Crippen molar-refractivity contribution in [2.45, 2.75) is 65.1 Å². The van der Waals surface area contributed by atoms with E-state index in [0.717, 1.165) is 22.9 Å². The van der Waals surface area contributed by atoms with Crippen molar-refractivity contribution in [3.8, 4) is 11.1 Å². The summed E-state index contributed by atoms with van der Waals surface area (Å²) in [6.45, 7) is 7.33. The monoisotopic (exact) mass is 460 g/mol. The third-order valence-electron chi connectivity index (χ3n) is 6.57. The molecule has 0 radical (unpaired) electrons. The quantitative estimate of drug-likeness (QED) is 0.320. The van der Waals surface area contributed by atoms with Gasteiger partial charge in [0.15, 0.2) is 17.0 Å². The molecule has 1 saturated carbocycles. The third kappa shape index (κ3) is 4.88. The van der Waals surface area contributed by atoms with Crippen LogP contribution in [0.4, 0.5) is 11.8 Å². The molecule has 1 fully saturated rings. The molecular weight excluding hydrogens is 428 g/mol. The van der Waals surface area contributed by atoms with Gasteiger partial charge in [-0.2, -0.15) is 21.3 Å². The highest BCUT2D eigenvalue weighted by Gasteiger charge is 2.21. The van der Waals surface area contributed by atoms with E-state index >= 15 is 0 Å². The summed E-state index contributed by atoms with van der Waals surface area (Å²) >= 11 is 1.72. The maximum absolute atomic E-state index is 4.87. The first-order chi connectivity index (χ1) is 16.1. The van der Waals surface area contributed by atoms with E-state index in [-0.39, 0.29) is 6.04 Å². The Morgan fingerprint density at radius 1 is 1.09 bits per heavy atom. The molecule has 6 nitrogen and oxygen atoms in total. The van der Waals surface area contributed by atoms with E-state index in [1.54, 1.807) is 11.3 Å². The fourth-order valence-corrected chi connectivity index (χ4v) is 5.21. The average molecular weight is 461 g/mol. The van der Waals surface area contributed by atoms with E-state index in [9.17, 15) is 0 Å². The fraction of sp³-hybridized carbons (Fsp3) is 0.423. The molecule has 3 heterocycles. The number of nitrogens with one attached hydrogen (secondary N) is 2. The molecule has 1 aliphatic carbocycles. The first kappa shape index (κ1) is 21.9. The molecule has 0 unspecified atom stereocenters. The Hall–Kier alpha value is -2.93. The predicted molar refractivity (Wildman–Crippen MR) is 138 cm³/mol. The standard InChI is InChI=1S/C26H32N6S/c1-17(2)32-16-28-23-24(27-14-19-5-4-6-20(13-19)21-11-12-33-15-21)30-26(31-25(23)32)29-22-9-7-18(3)8-10-22/h4-6,11-13,15-18,22H,7-10,14H2,1-3H3,(H2,27,29,30,31). The highest BCUT2D eigenvalue weighted by molar-refractivity contribution is 7.08. The molecule has 1 aliphatic rings. The Kier molecular flexibility index (Phi) is 6.31. The number of thiophene rings is 1. The molecule has 0 saturated heterocycles. The topological polar surface area (TPSA) is 67.7 Å². The van der Waals surface area contributed by atoms with Crippen molar-refractivity contribution in [2.24, 2.45) is 5.92 Å². The number of anilines is 2. The van der Waals surface area contributed by atoms with Gasteiger partial charge in [-0.3, -0.25) is 0 Å². The van der Waals surface area contributed by atoms with E-state index in [1.807, 2.05) is 6.33 Å². The smallest absolute Gasteiger partial charge is 0.227 e. The van der Waals surface area contributed by atoms with Crippen molar-refractivity contribution in [3.05, 3.63) is 53.0 Å². The summed E-state index contributed by atoms with van der Waals surface area (Å²) in [7, 11) is 0. The van der Waals surface area contributed by atoms with Gasteiger partial charge in [0.25, 0.3) is 0 Å². The number of rotatable bonds is 7. The molecule has 4 aromatic rings. The summed E-state index contributed by atoms with van der Waals surface area (Å²) in [5.74, 6) is 2.29. The molecule has 3 aromatic heterocycles. The van der Waals surface area contributed by atoms with Crippen molar-refractivity contribution in [3.63, 3.8) is 0 Å². The number of benzene rings is 1. The highest BCUT2D eigenvalue weighted by atomic mass is 32.1. The number of hydrogen-bond donors (Lipinski definition) is 2. The Labute approximate surface area is 199 Å². The zero-order valence-corrected chi connectivity index (χ0v) is 20.4. The van der Waals surface area contributed by atoms with Gasteiger partial charge < -0.3 is 15.2 Å². The molecule has 0 atom stereocenters. The van der Waals surface area contributed by atoms with Crippen molar-refractivity contribution in [1.29, 1.82) is 0 Å². The zero-order valence-electron chi connectivity index (χ0n) is 19.6. The lowest BCUT2D eigenvalue weighted by Gasteiger charge is -2.27. The lowest BCUT2D eigenvalue weighted by Crippen LogP contribution is -2.26. The molecular formula is C26H32N6S. The Bertz CT molecular complexity index is 1200. The molecule has 0 spiro atoms. The van der Waals surface area contributed by atoms with Crippen LogP contribution >= 0.6 is 11.3 Å². The van der Waals surface area contributed by atoms with Crippen LogP contribution in [-0.2, 0) is 6.54 Å². The molecule has 0 amide bonds. The first-order valence-electron chi connectivity index (χ1n) is 11.9. The van der Waals surface area contributed by atoms with Gasteiger partial charge in [-0.25, -0.2) is 4.98 Å². The number of aromatic nitrogens is 4. The van der Waals surface area contributed by atoms with E-state index in [2.05, 4.69) is 82.0 Å². The summed E-state index contributed by atoms with van der Waals surface area (Å²) in [4.78, 5) is 14.4. The number of fused-ring (bicyclic) bond motifs is 1. The molecule has 1 aromatic carbocycles. The summed E-state index contributed by atoms with van der Waals surface area (Å²) in [5, 5.41) is 11.5. The second-order valence-corrected chi connectivity index (χ2v) is 10.3. The minimum Gasteiger partial charge on any atom is -0.364 e. The van der Waals surface area contributed by atoms with Gasteiger partial charge >= 0.3 is 0 Å². The maximum atomic E-state index is 4.87. The van der Waals surface area contributed by atoms with Gasteiger partial charge in [0, 0.05) is 18.6 Å². The number of imidazole rings is 1. The molecule has 0 aliphatic heterocycles. The van der Waals surface area contributed by atoms with Crippen LogP contribution < -0.4 is 10.6 Å². The molecule has 5 rings (SSSR count). The summed E-state index contributed by atoms with van der Waals surface area (Å²) in [6.07, 6.45) is 6.73. The van der Waals surface area contributed by atoms with Crippen LogP contribution in [0, 0.1) is 5.92 Å². The van der Waals surface area contributed by atoms with Gasteiger partial charge in [0.05, 0.1) is 6.33 Å². The molecule has 172 valence electrons. The lowest BCUT2D eigenvalue weighted by molar-refractivity contribution is 0.360. The van der Waals surface area contributed by atoms with E-state index < -0.39 is 0 Å². The van der Waals surface area contributed by atoms with Gasteiger partial charge in [-0.15, -0.1) is 0 Å². The average Bonchev–Trinajstić information content (AvgIpc) is 3.50. The van der Waals surface area contributed by atoms with Gasteiger partial charge in [0.2, 0.25) is 5.95 Å². The maximum Gasteiger partial charge on any atom is 0.227 e. The second kappa shape index (κ2) is 9.51. The van der Waals surface area contributed by atoms with Crippen LogP contribution in [0.2, 0.25) is 0 Å². The summed E-state index contributed by atoms with van der Waals surface area (Å²) in [6, 6.07) is 11.5. The normalized spacial score (nSPS) is 18.7. The van der Waals surface area contributed by atoms with Crippen molar-refractivity contribution < 1.29 is 0 Å². The van der Waals surface area contributed by atoms with Crippen LogP contribution in [0.5, 0.6) is 0 Å².